The number of rotatable bonds is 8. The van der Waals surface area contributed by atoms with Crippen LogP contribution < -0.4 is 10.9 Å². The van der Waals surface area contributed by atoms with Crippen molar-refractivity contribution in [3.8, 4) is 0 Å². The summed E-state index contributed by atoms with van der Waals surface area (Å²) in [6.45, 7) is 16.2. The normalized spacial score (nSPS) is 14.3. The first kappa shape index (κ1) is 26.8. The van der Waals surface area contributed by atoms with Gasteiger partial charge in [-0.15, -0.1) is 0 Å². The van der Waals surface area contributed by atoms with E-state index in [1.165, 1.54) is 0 Å². The van der Waals surface area contributed by atoms with E-state index in [2.05, 4.69) is 44.7 Å². The minimum Gasteiger partial charge on any atom is -0.459 e. The summed E-state index contributed by atoms with van der Waals surface area (Å²) < 4.78 is 12.5. The molecule has 6 nitrogen and oxygen atoms in total. The number of ether oxygens (including phenoxy) is 1. The number of carbonyl (C=O) groups excluding carboxylic acids is 2. The molecule has 7 heteroatoms. The molecule has 0 heterocycles. The highest BCUT2D eigenvalue weighted by Crippen LogP contribution is 2.40. The first-order valence-electron chi connectivity index (χ1n) is 11.3. The van der Waals surface area contributed by atoms with Crippen LogP contribution in [-0.4, -0.2) is 31.8 Å². The largest absolute Gasteiger partial charge is 0.459 e. The average Bonchev–Trinajstić information content (AvgIpc) is 2.72. The summed E-state index contributed by atoms with van der Waals surface area (Å²) in [5.41, 5.74) is 6.24. The molecule has 0 saturated heterocycles. The summed E-state index contributed by atoms with van der Waals surface area (Å²) in [5.74, 6) is -0.841. The fraction of sp³-hybridized carbons (Fsp3) is 0.462. The predicted molar refractivity (Wildman–Crippen MR) is 134 cm³/mol. The fourth-order valence-corrected chi connectivity index (χ4v) is 4.15. The van der Waals surface area contributed by atoms with Crippen molar-refractivity contribution >= 4 is 20.2 Å². The van der Waals surface area contributed by atoms with Crippen molar-refractivity contribution in [2.75, 3.05) is 0 Å². The number of amides is 1. The Labute approximate surface area is 199 Å². The van der Waals surface area contributed by atoms with Gasteiger partial charge in [0.1, 0.15) is 5.60 Å². The van der Waals surface area contributed by atoms with E-state index in [1.54, 1.807) is 24.3 Å². The molecule has 2 atom stereocenters. The first-order chi connectivity index (χ1) is 15.2. The molecule has 0 fully saturated rings. The van der Waals surface area contributed by atoms with E-state index in [0.717, 1.165) is 5.56 Å². The Bertz CT molecular complexity index is 919. The van der Waals surface area contributed by atoms with Crippen LogP contribution >= 0.6 is 0 Å². The van der Waals surface area contributed by atoms with Gasteiger partial charge in [0.25, 0.3) is 5.91 Å². The van der Waals surface area contributed by atoms with Gasteiger partial charge in [0, 0.05) is 5.56 Å². The number of hydrogen-bond acceptors (Lipinski definition) is 5. The first-order valence-corrected chi connectivity index (χ1v) is 14.2. The summed E-state index contributed by atoms with van der Waals surface area (Å²) in [6, 6.07) is 17.5. The molecule has 180 valence electrons. The van der Waals surface area contributed by atoms with Gasteiger partial charge in [-0.2, -0.15) is 0 Å². The molecule has 0 saturated carbocycles. The van der Waals surface area contributed by atoms with E-state index in [0.29, 0.717) is 5.56 Å². The molecule has 0 aliphatic carbocycles. The Morgan fingerprint density at radius 2 is 1.36 bits per heavy atom. The molecule has 33 heavy (non-hydrogen) atoms. The van der Waals surface area contributed by atoms with Gasteiger partial charge in [0.2, 0.25) is 0 Å². The Kier molecular flexibility index (Phi) is 8.62. The highest BCUT2D eigenvalue weighted by Gasteiger charge is 2.43. The third-order valence-electron chi connectivity index (χ3n) is 5.70. The van der Waals surface area contributed by atoms with Crippen molar-refractivity contribution in [2.24, 2.45) is 0 Å². The Hall–Kier alpha value is -2.48. The number of carbonyl (C=O) groups is 2. The number of hydrazine groups is 1. The Morgan fingerprint density at radius 3 is 1.85 bits per heavy atom. The van der Waals surface area contributed by atoms with E-state index >= 15 is 0 Å². The van der Waals surface area contributed by atoms with Gasteiger partial charge < -0.3 is 9.16 Å². The highest BCUT2D eigenvalue weighted by atomic mass is 28.4. The smallest absolute Gasteiger partial charge is 0.328 e. The molecular formula is C26H38N2O4Si. The topological polar surface area (TPSA) is 76.7 Å². The van der Waals surface area contributed by atoms with Crippen LogP contribution in [-0.2, 0) is 14.0 Å². The molecule has 2 N–H and O–H groups in total. The SMILES string of the molecule is CC(C)(C)OC(=O)C(NNC(=O)c1ccccc1)C(O[Si](C)(C)C(C)(C)C)c1ccccc1. The molecule has 2 aromatic rings. The maximum absolute atomic E-state index is 13.4. The van der Waals surface area contributed by atoms with Crippen LogP contribution in [0.15, 0.2) is 60.7 Å². The summed E-state index contributed by atoms with van der Waals surface area (Å²) >= 11 is 0. The summed E-state index contributed by atoms with van der Waals surface area (Å²) in [4.78, 5) is 26.1. The van der Waals surface area contributed by atoms with Gasteiger partial charge in [-0.3, -0.25) is 15.0 Å². The number of hydrogen-bond donors (Lipinski definition) is 2. The molecular weight excluding hydrogens is 432 g/mol. The van der Waals surface area contributed by atoms with Gasteiger partial charge in [-0.25, -0.2) is 5.43 Å². The number of nitrogens with one attached hydrogen (secondary N) is 2. The van der Waals surface area contributed by atoms with Crippen LogP contribution in [0.3, 0.4) is 0 Å². The number of benzene rings is 2. The van der Waals surface area contributed by atoms with Crippen molar-refractivity contribution in [3.63, 3.8) is 0 Å². The van der Waals surface area contributed by atoms with E-state index in [-0.39, 0.29) is 10.9 Å². The van der Waals surface area contributed by atoms with Crippen LogP contribution in [0.25, 0.3) is 0 Å². The van der Waals surface area contributed by atoms with Crippen molar-refractivity contribution < 1.29 is 18.8 Å². The van der Waals surface area contributed by atoms with Gasteiger partial charge in [0.15, 0.2) is 14.4 Å². The average molecular weight is 471 g/mol. The standard InChI is InChI=1S/C26H38N2O4Si/c1-25(2,3)31-24(30)21(27-28-23(29)20-17-13-10-14-18-20)22(19-15-11-9-12-16-19)32-33(7,8)26(4,5)6/h9-18,21-22,27H,1-8H3,(H,28,29). The van der Waals surface area contributed by atoms with Crippen LogP contribution in [0.2, 0.25) is 18.1 Å². The summed E-state index contributed by atoms with van der Waals surface area (Å²) in [7, 11) is -2.30. The van der Waals surface area contributed by atoms with Crippen molar-refractivity contribution in [2.45, 2.75) is 77.4 Å². The second kappa shape index (κ2) is 10.6. The lowest BCUT2D eigenvalue weighted by atomic mass is 10.0. The van der Waals surface area contributed by atoms with Crippen molar-refractivity contribution in [3.05, 3.63) is 71.8 Å². The van der Waals surface area contributed by atoms with Crippen molar-refractivity contribution in [1.82, 2.24) is 10.9 Å². The Balaban J connectivity index is 2.43. The van der Waals surface area contributed by atoms with Crippen molar-refractivity contribution in [1.29, 1.82) is 0 Å². The third kappa shape index (κ3) is 7.80. The second-order valence-electron chi connectivity index (χ2n) is 10.7. The predicted octanol–water partition coefficient (Wildman–Crippen LogP) is 5.39. The minimum absolute atomic E-state index is 0.0776. The maximum atomic E-state index is 13.4. The molecule has 0 aromatic heterocycles. The monoisotopic (exact) mass is 470 g/mol. The van der Waals surface area contributed by atoms with E-state index in [9.17, 15) is 9.59 Å². The van der Waals surface area contributed by atoms with Crippen LogP contribution in [0.1, 0.15) is 63.6 Å². The van der Waals surface area contributed by atoms with Gasteiger partial charge in [-0.1, -0.05) is 69.3 Å². The molecule has 1 amide bonds. The molecule has 0 radical (unpaired) electrons. The third-order valence-corrected chi connectivity index (χ3v) is 10.2. The zero-order chi connectivity index (χ0) is 24.9. The molecule has 0 bridgehead atoms. The van der Waals surface area contributed by atoms with E-state index in [1.807, 2.05) is 57.2 Å². The number of esters is 1. The zero-order valence-electron chi connectivity index (χ0n) is 21.1. The van der Waals surface area contributed by atoms with Gasteiger partial charge in [-0.05, 0) is 56.6 Å². The van der Waals surface area contributed by atoms with Crippen LogP contribution in [0.5, 0.6) is 0 Å². The summed E-state index contributed by atoms with van der Waals surface area (Å²) in [5, 5.41) is -0.0776. The quantitative estimate of drug-likeness (QED) is 0.307. The molecule has 0 aliphatic heterocycles. The summed E-state index contributed by atoms with van der Waals surface area (Å²) in [6.07, 6.45) is -0.655. The lowest BCUT2D eigenvalue weighted by molar-refractivity contribution is -0.160. The minimum atomic E-state index is -2.30. The van der Waals surface area contributed by atoms with Crippen LogP contribution in [0.4, 0.5) is 0 Å². The lowest BCUT2D eigenvalue weighted by Gasteiger charge is -2.41. The Morgan fingerprint density at radius 1 is 0.848 bits per heavy atom. The molecule has 2 rings (SSSR count). The van der Waals surface area contributed by atoms with Gasteiger partial charge in [0.05, 0.1) is 6.10 Å². The molecule has 2 unspecified atom stereocenters. The van der Waals surface area contributed by atoms with Gasteiger partial charge >= 0.3 is 5.97 Å². The lowest BCUT2D eigenvalue weighted by Crippen LogP contribution is -2.55. The van der Waals surface area contributed by atoms with E-state index in [4.69, 9.17) is 9.16 Å². The molecule has 0 spiro atoms. The highest BCUT2D eigenvalue weighted by molar-refractivity contribution is 6.74. The zero-order valence-corrected chi connectivity index (χ0v) is 22.1. The molecule has 0 aliphatic rings. The molecule has 2 aromatic carbocycles. The van der Waals surface area contributed by atoms with E-state index < -0.39 is 32.0 Å². The second-order valence-corrected chi connectivity index (χ2v) is 15.4. The van der Waals surface area contributed by atoms with Crippen LogP contribution in [0, 0.1) is 0 Å². The maximum Gasteiger partial charge on any atom is 0.328 e. The fourth-order valence-electron chi connectivity index (χ4n) is 2.89.